The van der Waals surface area contributed by atoms with Crippen molar-refractivity contribution < 1.29 is 18.3 Å². The van der Waals surface area contributed by atoms with Crippen molar-refractivity contribution in [1.82, 2.24) is 9.55 Å². The standard InChI is InChI=1S/C18H14F2N2O3S/c1-10(17(24)25-2)26-18-21-14-6-4-3-5-12(14)16(23)22(18)15-8-7-11(19)9-13(15)20/h3-10H,1-2H3/t10-/m1/s1. The van der Waals surface area contributed by atoms with Gasteiger partial charge in [0.2, 0.25) is 0 Å². The minimum Gasteiger partial charge on any atom is -0.468 e. The van der Waals surface area contributed by atoms with Gasteiger partial charge in [0.05, 0.1) is 23.7 Å². The fourth-order valence-corrected chi connectivity index (χ4v) is 3.39. The smallest absolute Gasteiger partial charge is 0.318 e. The highest BCUT2D eigenvalue weighted by Crippen LogP contribution is 2.26. The quantitative estimate of drug-likeness (QED) is 0.397. The third kappa shape index (κ3) is 3.32. The number of nitrogens with zero attached hydrogens (tertiary/aromatic N) is 2. The first-order valence-corrected chi connectivity index (χ1v) is 8.52. The molecule has 0 amide bonds. The number of aromatic nitrogens is 2. The maximum atomic E-state index is 14.3. The highest BCUT2D eigenvalue weighted by atomic mass is 32.2. The van der Waals surface area contributed by atoms with Crippen molar-refractivity contribution in [2.45, 2.75) is 17.3 Å². The Bertz CT molecular complexity index is 1050. The van der Waals surface area contributed by atoms with Crippen molar-refractivity contribution in [3.63, 3.8) is 0 Å². The van der Waals surface area contributed by atoms with E-state index >= 15 is 0 Å². The molecule has 0 N–H and O–H groups in total. The summed E-state index contributed by atoms with van der Waals surface area (Å²) in [5, 5.41) is -0.286. The van der Waals surface area contributed by atoms with E-state index in [0.717, 1.165) is 28.5 Å². The van der Waals surface area contributed by atoms with E-state index in [4.69, 9.17) is 0 Å². The molecule has 0 saturated heterocycles. The van der Waals surface area contributed by atoms with Crippen LogP contribution >= 0.6 is 11.8 Å². The third-order valence-corrected chi connectivity index (χ3v) is 4.74. The van der Waals surface area contributed by atoms with Gasteiger partial charge in [-0.05, 0) is 31.2 Å². The van der Waals surface area contributed by atoms with Gasteiger partial charge in [-0.25, -0.2) is 13.8 Å². The molecule has 3 aromatic rings. The van der Waals surface area contributed by atoms with Crippen molar-refractivity contribution >= 4 is 28.6 Å². The van der Waals surface area contributed by atoms with E-state index in [2.05, 4.69) is 9.72 Å². The molecule has 0 radical (unpaired) electrons. The van der Waals surface area contributed by atoms with Crippen LogP contribution in [0, 0.1) is 11.6 Å². The van der Waals surface area contributed by atoms with Gasteiger partial charge in [0.1, 0.15) is 16.9 Å². The summed E-state index contributed by atoms with van der Waals surface area (Å²) in [7, 11) is 1.25. The Balaban J connectivity index is 2.27. The van der Waals surface area contributed by atoms with Gasteiger partial charge in [-0.15, -0.1) is 0 Å². The van der Waals surface area contributed by atoms with Crippen molar-refractivity contribution in [3.8, 4) is 5.69 Å². The highest BCUT2D eigenvalue weighted by Gasteiger charge is 2.22. The summed E-state index contributed by atoms with van der Waals surface area (Å²) in [6.07, 6.45) is 0. The van der Waals surface area contributed by atoms with Crippen LogP contribution in [-0.2, 0) is 9.53 Å². The lowest BCUT2D eigenvalue weighted by atomic mass is 10.2. The number of halogens is 2. The molecule has 1 aromatic heterocycles. The second kappa shape index (κ2) is 7.25. The van der Waals surface area contributed by atoms with Crippen LogP contribution in [-0.4, -0.2) is 27.9 Å². The number of benzene rings is 2. The van der Waals surface area contributed by atoms with Gasteiger partial charge in [0, 0.05) is 6.07 Å². The summed E-state index contributed by atoms with van der Waals surface area (Å²) in [6.45, 7) is 1.59. The first kappa shape index (κ1) is 18.1. The number of hydrogen-bond donors (Lipinski definition) is 0. The number of para-hydroxylation sites is 1. The predicted octanol–water partition coefficient (Wildman–Crippen LogP) is 3.32. The fourth-order valence-electron chi connectivity index (χ4n) is 2.44. The van der Waals surface area contributed by atoms with Crippen LogP contribution in [0.1, 0.15) is 6.92 Å². The molecule has 5 nitrogen and oxygen atoms in total. The first-order valence-electron chi connectivity index (χ1n) is 7.64. The first-order chi connectivity index (χ1) is 12.4. The molecule has 0 aliphatic heterocycles. The van der Waals surface area contributed by atoms with E-state index in [1.807, 2.05) is 0 Å². The molecule has 0 bridgehead atoms. The number of hydrogen-bond acceptors (Lipinski definition) is 5. The van der Waals surface area contributed by atoms with Crippen LogP contribution in [0.15, 0.2) is 52.4 Å². The molecule has 0 aliphatic carbocycles. The second-order valence-electron chi connectivity index (χ2n) is 5.43. The van der Waals surface area contributed by atoms with E-state index in [9.17, 15) is 18.4 Å². The van der Waals surface area contributed by atoms with Gasteiger partial charge in [-0.3, -0.25) is 14.2 Å². The highest BCUT2D eigenvalue weighted by molar-refractivity contribution is 8.00. The number of esters is 1. The lowest BCUT2D eigenvalue weighted by Crippen LogP contribution is -2.24. The van der Waals surface area contributed by atoms with Crippen LogP contribution in [0.2, 0.25) is 0 Å². The van der Waals surface area contributed by atoms with E-state index in [0.29, 0.717) is 11.6 Å². The van der Waals surface area contributed by atoms with Gasteiger partial charge in [0.25, 0.3) is 5.56 Å². The topological polar surface area (TPSA) is 61.2 Å². The average molecular weight is 376 g/mol. The Morgan fingerprint density at radius 1 is 1.23 bits per heavy atom. The zero-order valence-corrected chi connectivity index (χ0v) is 14.7. The lowest BCUT2D eigenvalue weighted by molar-refractivity contribution is -0.139. The summed E-state index contributed by atoms with van der Waals surface area (Å²) in [4.78, 5) is 29.1. The normalized spacial score (nSPS) is 12.2. The van der Waals surface area contributed by atoms with Gasteiger partial charge >= 0.3 is 5.97 Å². The monoisotopic (exact) mass is 376 g/mol. The van der Waals surface area contributed by atoms with Crippen molar-refractivity contribution in [1.29, 1.82) is 0 Å². The molecule has 2 aromatic carbocycles. The van der Waals surface area contributed by atoms with E-state index in [1.165, 1.54) is 7.11 Å². The molecule has 3 rings (SSSR count). The number of ether oxygens (including phenoxy) is 1. The number of thioether (sulfide) groups is 1. The van der Waals surface area contributed by atoms with E-state index in [1.54, 1.807) is 31.2 Å². The predicted molar refractivity (Wildman–Crippen MR) is 94.6 cm³/mol. The number of fused-ring (bicyclic) bond motifs is 1. The van der Waals surface area contributed by atoms with Crippen molar-refractivity contribution in [3.05, 3.63) is 64.5 Å². The van der Waals surface area contributed by atoms with E-state index < -0.39 is 28.4 Å². The van der Waals surface area contributed by atoms with Gasteiger partial charge in [-0.2, -0.15) is 0 Å². The Kier molecular flexibility index (Phi) is 5.03. The molecule has 0 saturated carbocycles. The van der Waals surface area contributed by atoms with E-state index in [-0.39, 0.29) is 16.2 Å². The molecule has 0 spiro atoms. The lowest BCUT2D eigenvalue weighted by Gasteiger charge is -2.16. The average Bonchev–Trinajstić information content (AvgIpc) is 2.62. The Morgan fingerprint density at radius 3 is 2.65 bits per heavy atom. The maximum absolute atomic E-state index is 14.3. The largest absolute Gasteiger partial charge is 0.468 e. The summed E-state index contributed by atoms with van der Waals surface area (Å²) in [5.41, 5.74) is -0.245. The molecule has 0 fully saturated rings. The van der Waals surface area contributed by atoms with Crippen LogP contribution in [0.3, 0.4) is 0 Å². The van der Waals surface area contributed by atoms with Crippen LogP contribution in [0.25, 0.3) is 16.6 Å². The Morgan fingerprint density at radius 2 is 1.96 bits per heavy atom. The van der Waals surface area contributed by atoms with Gasteiger partial charge in [-0.1, -0.05) is 23.9 Å². The van der Waals surface area contributed by atoms with Gasteiger partial charge < -0.3 is 4.74 Å². The van der Waals surface area contributed by atoms with Crippen molar-refractivity contribution in [2.24, 2.45) is 0 Å². The number of carbonyl (C=O) groups is 1. The molecule has 26 heavy (non-hydrogen) atoms. The van der Waals surface area contributed by atoms with Crippen LogP contribution in [0.5, 0.6) is 0 Å². The molecule has 1 heterocycles. The maximum Gasteiger partial charge on any atom is 0.318 e. The van der Waals surface area contributed by atoms with Crippen molar-refractivity contribution in [2.75, 3.05) is 7.11 Å². The molecule has 8 heteroatoms. The third-order valence-electron chi connectivity index (χ3n) is 3.71. The number of rotatable bonds is 4. The summed E-state index contributed by atoms with van der Waals surface area (Å²) >= 11 is 0.957. The summed E-state index contributed by atoms with van der Waals surface area (Å²) < 4.78 is 33.3. The van der Waals surface area contributed by atoms with Crippen LogP contribution < -0.4 is 5.56 Å². The molecule has 134 valence electrons. The molecular formula is C18H14F2N2O3S. The zero-order valence-electron chi connectivity index (χ0n) is 13.9. The van der Waals surface area contributed by atoms with Crippen LogP contribution in [0.4, 0.5) is 8.78 Å². The zero-order chi connectivity index (χ0) is 18.8. The summed E-state index contributed by atoms with van der Waals surface area (Å²) in [6, 6.07) is 9.51. The molecule has 0 unspecified atom stereocenters. The second-order valence-corrected chi connectivity index (χ2v) is 6.74. The minimum absolute atomic E-state index is 0.108. The molecular weight excluding hydrogens is 362 g/mol. The fraction of sp³-hybridized carbons (Fsp3) is 0.167. The van der Waals surface area contributed by atoms with Gasteiger partial charge in [0.15, 0.2) is 5.16 Å². The SMILES string of the molecule is COC(=O)[C@@H](C)Sc1nc2ccccc2c(=O)n1-c1ccc(F)cc1F. The Hall–Kier alpha value is -2.74. The summed E-state index contributed by atoms with van der Waals surface area (Å²) in [5.74, 6) is -2.18. The number of methoxy groups -OCH3 is 1. The minimum atomic E-state index is -0.906. The number of carbonyl (C=O) groups excluding carboxylic acids is 1. The Labute approximate surface area is 151 Å². The molecule has 0 aliphatic rings. The molecule has 1 atom stereocenters.